The van der Waals surface area contributed by atoms with Crippen LogP contribution in [0.2, 0.25) is 0 Å². The molecule has 0 radical (unpaired) electrons. The van der Waals surface area contributed by atoms with Gasteiger partial charge in [-0.25, -0.2) is 0 Å². The van der Waals surface area contributed by atoms with E-state index in [2.05, 4.69) is 30.6 Å². The Hall–Kier alpha value is -0.0800. The average molecular weight is 252 g/mol. The maximum absolute atomic E-state index is 2.69. The fraction of sp³-hybridized carbons (Fsp3) is 1.00. The van der Waals surface area contributed by atoms with E-state index in [-0.39, 0.29) is 0 Å². The summed E-state index contributed by atoms with van der Waals surface area (Å²) in [5.41, 5.74) is 0.722. The van der Waals surface area contributed by atoms with Crippen molar-refractivity contribution >= 4 is 0 Å². The Morgan fingerprint density at radius 3 is 2.22 bits per heavy atom. The molecule has 0 unspecified atom stereocenters. The third kappa shape index (κ3) is 3.71. The third-order valence-corrected chi connectivity index (χ3v) is 4.89. The molecule has 1 spiro atoms. The summed E-state index contributed by atoms with van der Waals surface area (Å²) in [4.78, 5) is 5.37. The summed E-state index contributed by atoms with van der Waals surface area (Å²) in [6, 6.07) is 0. The second-order valence-corrected chi connectivity index (χ2v) is 7.09. The summed E-state index contributed by atoms with van der Waals surface area (Å²) in [6.45, 7) is 15.1. The first kappa shape index (κ1) is 14.3. The van der Waals surface area contributed by atoms with Gasteiger partial charge in [0, 0.05) is 13.1 Å². The van der Waals surface area contributed by atoms with Gasteiger partial charge in [-0.2, -0.15) is 0 Å². The van der Waals surface area contributed by atoms with Crippen LogP contribution in [0.5, 0.6) is 0 Å². The Morgan fingerprint density at radius 2 is 1.67 bits per heavy atom. The lowest BCUT2D eigenvalue weighted by Crippen LogP contribution is -2.60. The van der Waals surface area contributed by atoms with Crippen molar-refractivity contribution in [2.45, 2.75) is 52.9 Å². The van der Waals surface area contributed by atoms with Gasteiger partial charge >= 0.3 is 0 Å². The van der Waals surface area contributed by atoms with E-state index in [1.807, 2.05) is 0 Å². The molecular weight excluding hydrogens is 220 g/mol. The first-order chi connectivity index (χ1) is 8.63. The highest BCUT2D eigenvalue weighted by molar-refractivity contribution is 4.98. The Labute approximate surface area is 114 Å². The van der Waals surface area contributed by atoms with Crippen LogP contribution in [0.4, 0.5) is 0 Å². The molecule has 2 aliphatic heterocycles. The van der Waals surface area contributed by atoms with Gasteiger partial charge in [0.25, 0.3) is 0 Å². The zero-order valence-electron chi connectivity index (χ0n) is 12.7. The van der Waals surface area contributed by atoms with Crippen LogP contribution in [0.15, 0.2) is 0 Å². The van der Waals surface area contributed by atoms with Crippen molar-refractivity contribution in [3.63, 3.8) is 0 Å². The molecule has 0 aromatic carbocycles. The molecule has 0 bridgehead atoms. The average Bonchev–Trinajstić information content (AvgIpc) is 2.32. The van der Waals surface area contributed by atoms with Crippen molar-refractivity contribution in [2.75, 3.05) is 39.3 Å². The van der Waals surface area contributed by atoms with Crippen LogP contribution in [0.3, 0.4) is 0 Å². The Bertz CT molecular complexity index is 233. The number of likely N-dealkylation sites (tertiary alicyclic amines) is 2. The molecule has 0 atom stereocenters. The van der Waals surface area contributed by atoms with Crippen LogP contribution in [-0.2, 0) is 0 Å². The highest BCUT2D eigenvalue weighted by atomic mass is 15.2. The van der Waals surface area contributed by atoms with Crippen LogP contribution in [0.1, 0.15) is 52.9 Å². The van der Waals surface area contributed by atoms with Crippen molar-refractivity contribution in [3.8, 4) is 0 Å². The lowest BCUT2D eigenvalue weighted by Gasteiger charge is -2.54. The van der Waals surface area contributed by atoms with E-state index >= 15 is 0 Å². The van der Waals surface area contributed by atoms with Crippen LogP contribution in [-0.4, -0.2) is 49.1 Å². The zero-order chi connectivity index (χ0) is 13.0. The third-order valence-electron chi connectivity index (χ3n) is 4.89. The number of rotatable bonds is 6. The van der Waals surface area contributed by atoms with Crippen molar-refractivity contribution in [1.82, 2.24) is 9.80 Å². The van der Waals surface area contributed by atoms with Crippen LogP contribution in [0, 0.1) is 11.3 Å². The molecule has 2 nitrogen and oxygen atoms in total. The maximum Gasteiger partial charge on any atom is 0.00514 e. The molecule has 2 saturated heterocycles. The van der Waals surface area contributed by atoms with E-state index in [1.165, 1.54) is 71.4 Å². The lowest BCUT2D eigenvalue weighted by molar-refractivity contribution is -0.0479. The predicted molar refractivity (Wildman–Crippen MR) is 78.9 cm³/mol. The minimum absolute atomic E-state index is 0.722. The molecule has 0 aromatic heterocycles. The minimum Gasteiger partial charge on any atom is -0.303 e. The predicted octanol–water partition coefficient (Wildman–Crippen LogP) is 3.23. The van der Waals surface area contributed by atoms with Crippen molar-refractivity contribution in [2.24, 2.45) is 11.3 Å². The first-order valence-electron chi connectivity index (χ1n) is 8.08. The lowest BCUT2D eigenvalue weighted by atomic mass is 9.72. The van der Waals surface area contributed by atoms with E-state index in [0.717, 1.165) is 11.3 Å². The van der Waals surface area contributed by atoms with E-state index in [1.54, 1.807) is 0 Å². The fourth-order valence-electron chi connectivity index (χ4n) is 3.45. The van der Waals surface area contributed by atoms with E-state index in [0.29, 0.717) is 0 Å². The molecule has 2 heteroatoms. The molecule has 0 aliphatic carbocycles. The molecule has 0 amide bonds. The van der Waals surface area contributed by atoms with Crippen LogP contribution < -0.4 is 0 Å². The Kier molecular flexibility index (Phi) is 5.08. The molecule has 0 N–H and O–H groups in total. The van der Waals surface area contributed by atoms with E-state index < -0.39 is 0 Å². The van der Waals surface area contributed by atoms with Gasteiger partial charge in [0.15, 0.2) is 0 Å². The zero-order valence-corrected chi connectivity index (χ0v) is 12.7. The summed E-state index contributed by atoms with van der Waals surface area (Å²) < 4.78 is 0. The largest absolute Gasteiger partial charge is 0.303 e. The van der Waals surface area contributed by atoms with Gasteiger partial charge in [-0.15, -0.1) is 0 Å². The molecule has 106 valence electrons. The van der Waals surface area contributed by atoms with Crippen LogP contribution in [0.25, 0.3) is 0 Å². The molecule has 2 heterocycles. The molecule has 2 rings (SSSR count). The molecule has 2 fully saturated rings. The topological polar surface area (TPSA) is 6.48 Å². The van der Waals surface area contributed by atoms with Gasteiger partial charge in [0.1, 0.15) is 0 Å². The Balaban J connectivity index is 1.62. The second kappa shape index (κ2) is 6.38. The van der Waals surface area contributed by atoms with Crippen LogP contribution >= 0.6 is 0 Å². The van der Waals surface area contributed by atoms with E-state index in [9.17, 15) is 0 Å². The van der Waals surface area contributed by atoms with Crippen molar-refractivity contribution in [1.29, 1.82) is 0 Å². The summed E-state index contributed by atoms with van der Waals surface area (Å²) in [5, 5.41) is 0. The second-order valence-electron chi connectivity index (χ2n) is 7.09. The van der Waals surface area contributed by atoms with E-state index in [4.69, 9.17) is 0 Å². The van der Waals surface area contributed by atoms with Gasteiger partial charge in [-0.3, -0.25) is 0 Å². The Morgan fingerprint density at radius 1 is 1.00 bits per heavy atom. The van der Waals surface area contributed by atoms with Gasteiger partial charge < -0.3 is 9.80 Å². The molecule has 18 heavy (non-hydrogen) atoms. The molecule has 2 aliphatic rings. The molecule has 0 aromatic rings. The summed E-state index contributed by atoms with van der Waals surface area (Å²) in [7, 11) is 0. The van der Waals surface area contributed by atoms with Gasteiger partial charge in [0.2, 0.25) is 0 Å². The molecule has 0 saturated carbocycles. The summed E-state index contributed by atoms with van der Waals surface area (Å²) in [5.74, 6) is 0.859. The van der Waals surface area contributed by atoms with Gasteiger partial charge in [-0.1, -0.05) is 27.2 Å². The number of hydrogen-bond acceptors (Lipinski definition) is 2. The standard InChI is InChI=1S/C16H32N2/c1-4-5-9-17-11-7-16(8-12-17)13-18(14-16)10-6-15(2)3/h15H,4-14H2,1-3H3. The monoisotopic (exact) mass is 252 g/mol. The SMILES string of the molecule is CCCCN1CCC2(CC1)CN(CCC(C)C)C2. The number of nitrogens with zero attached hydrogens (tertiary/aromatic N) is 2. The van der Waals surface area contributed by atoms with Crippen molar-refractivity contribution in [3.05, 3.63) is 0 Å². The highest BCUT2D eigenvalue weighted by Crippen LogP contribution is 2.40. The minimum atomic E-state index is 0.722. The number of hydrogen-bond donors (Lipinski definition) is 0. The van der Waals surface area contributed by atoms with Crippen molar-refractivity contribution < 1.29 is 0 Å². The number of unbranched alkanes of at least 4 members (excludes halogenated alkanes) is 1. The summed E-state index contributed by atoms with van der Waals surface area (Å²) in [6.07, 6.45) is 7.00. The van der Waals surface area contributed by atoms with Gasteiger partial charge in [-0.05, 0) is 63.2 Å². The first-order valence-corrected chi connectivity index (χ1v) is 8.08. The smallest absolute Gasteiger partial charge is 0.00514 e. The highest BCUT2D eigenvalue weighted by Gasteiger charge is 2.44. The quantitative estimate of drug-likeness (QED) is 0.716. The normalized spacial score (nSPS) is 24.7. The fourth-order valence-corrected chi connectivity index (χ4v) is 3.45. The number of piperidine rings is 1. The van der Waals surface area contributed by atoms with Gasteiger partial charge in [0.05, 0.1) is 0 Å². The molecular formula is C16H32N2. The maximum atomic E-state index is 2.69. The summed E-state index contributed by atoms with van der Waals surface area (Å²) >= 11 is 0.